The second-order valence-corrected chi connectivity index (χ2v) is 6.06. The van der Waals surface area contributed by atoms with Gasteiger partial charge in [0.1, 0.15) is 5.57 Å². The van der Waals surface area contributed by atoms with Crippen LogP contribution in [0.1, 0.15) is 52.0 Å². The minimum atomic E-state index is -0.616. The first kappa shape index (κ1) is 20.7. The Morgan fingerprint density at radius 3 is 2.56 bits per heavy atom. The molecule has 1 aromatic carbocycles. The van der Waals surface area contributed by atoms with E-state index < -0.39 is 5.97 Å². The van der Waals surface area contributed by atoms with Crippen LogP contribution in [-0.2, 0) is 14.3 Å². The van der Waals surface area contributed by atoms with Gasteiger partial charge in [-0.3, -0.25) is 4.79 Å². The molecule has 0 amide bonds. The number of ketones is 1. The van der Waals surface area contributed by atoms with Crippen LogP contribution in [-0.4, -0.2) is 30.6 Å². The number of methoxy groups -OCH3 is 1. The Bertz CT molecular complexity index is 619. The van der Waals surface area contributed by atoms with E-state index in [0.29, 0.717) is 18.1 Å². The number of carbonyl (C=O) groups is 2. The number of unbranched alkanes of at least 4 members (excludes halogenated alkanes) is 1. The smallest absolute Gasteiger partial charge is 0.341 e. The summed E-state index contributed by atoms with van der Waals surface area (Å²) in [6, 6.07) is 4.61. The molecule has 1 atom stereocenters. The van der Waals surface area contributed by atoms with Gasteiger partial charge < -0.3 is 14.6 Å². The van der Waals surface area contributed by atoms with Crippen molar-refractivity contribution in [2.24, 2.45) is 5.92 Å². The van der Waals surface area contributed by atoms with E-state index in [1.54, 1.807) is 12.1 Å². The highest BCUT2D eigenvalue weighted by atomic mass is 16.5. The highest BCUT2D eigenvalue weighted by Gasteiger charge is 2.18. The van der Waals surface area contributed by atoms with Crippen LogP contribution >= 0.6 is 0 Å². The second-order valence-electron chi connectivity index (χ2n) is 6.06. The summed E-state index contributed by atoms with van der Waals surface area (Å²) in [4.78, 5) is 24.2. The summed E-state index contributed by atoms with van der Waals surface area (Å²) in [6.45, 7) is 5.85. The van der Waals surface area contributed by atoms with Gasteiger partial charge in [0.15, 0.2) is 17.3 Å². The fraction of sp³-hybridized carbons (Fsp3) is 0.500. The van der Waals surface area contributed by atoms with Crippen molar-refractivity contribution in [1.82, 2.24) is 0 Å². The molecule has 5 heteroatoms. The van der Waals surface area contributed by atoms with Crippen LogP contribution in [0.4, 0.5) is 0 Å². The van der Waals surface area contributed by atoms with Gasteiger partial charge in [0.2, 0.25) is 0 Å². The summed E-state index contributed by atoms with van der Waals surface area (Å²) >= 11 is 0. The zero-order valence-corrected chi connectivity index (χ0v) is 15.5. The maximum absolute atomic E-state index is 12.3. The predicted octanol–water partition coefficient (Wildman–Crippen LogP) is 4.13. The van der Waals surface area contributed by atoms with E-state index in [0.717, 1.165) is 25.7 Å². The molecule has 0 saturated carbocycles. The molecule has 25 heavy (non-hydrogen) atoms. The van der Waals surface area contributed by atoms with Crippen molar-refractivity contribution < 1.29 is 24.2 Å². The Kier molecular flexibility index (Phi) is 8.75. The normalized spacial score (nSPS) is 12.6. The number of ether oxygens (including phenoxy) is 2. The Labute approximate surface area is 149 Å². The number of phenolic OH excluding ortho intramolecular Hbond substituents is 1. The van der Waals surface area contributed by atoms with Crippen LogP contribution in [0.15, 0.2) is 23.8 Å². The van der Waals surface area contributed by atoms with Crippen molar-refractivity contribution in [2.45, 2.75) is 46.5 Å². The number of carbonyl (C=O) groups excluding carboxylic acids is 2. The third-order valence-electron chi connectivity index (χ3n) is 4.11. The summed E-state index contributed by atoms with van der Waals surface area (Å²) in [5.74, 6) is -0.400. The molecular formula is C20H28O5. The number of hydrogen-bond donors (Lipinski definition) is 1. The molecule has 0 heterocycles. The van der Waals surface area contributed by atoms with Crippen molar-refractivity contribution in [2.75, 3.05) is 13.7 Å². The van der Waals surface area contributed by atoms with Crippen LogP contribution in [0.3, 0.4) is 0 Å². The van der Waals surface area contributed by atoms with Gasteiger partial charge in [-0.1, -0.05) is 39.2 Å². The monoisotopic (exact) mass is 348 g/mol. The quantitative estimate of drug-likeness (QED) is 0.298. The number of hydrogen-bond acceptors (Lipinski definition) is 5. The average molecular weight is 348 g/mol. The predicted molar refractivity (Wildman–Crippen MR) is 97.6 cm³/mol. The lowest BCUT2D eigenvalue weighted by molar-refractivity contribution is -0.141. The van der Waals surface area contributed by atoms with Gasteiger partial charge in [0.25, 0.3) is 0 Å². The van der Waals surface area contributed by atoms with Crippen LogP contribution in [0.5, 0.6) is 11.5 Å². The van der Waals surface area contributed by atoms with Crippen molar-refractivity contribution in [1.29, 1.82) is 0 Å². The van der Waals surface area contributed by atoms with Crippen molar-refractivity contribution >= 4 is 17.8 Å². The van der Waals surface area contributed by atoms with Crippen LogP contribution in [0.25, 0.3) is 6.08 Å². The number of phenols is 1. The van der Waals surface area contributed by atoms with E-state index in [9.17, 15) is 14.7 Å². The number of aromatic hydroxyl groups is 1. The minimum absolute atomic E-state index is 0.00619. The highest BCUT2D eigenvalue weighted by molar-refractivity contribution is 6.19. The maximum Gasteiger partial charge on any atom is 0.341 e. The van der Waals surface area contributed by atoms with Gasteiger partial charge in [0.05, 0.1) is 13.7 Å². The molecule has 0 saturated heterocycles. The van der Waals surface area contributed by atoms with Crippen LogP contribution in [0, 0.1) is 5.92 Å². The maximum atomic E-state index is 12.3. The SMILES string of the molecule is CCCCC(CC)COC(=O)/C(=C\c1ccc(O)c(OC)c1)C(C)=O. The molecule has 0 aliphatic rings. The van der Waals surface area contributed by atoms with Gasteiger partial charge in [-0.25, -0.2) is 4.79 Å². The number of esters is 1. The number of Topliss-reactive ketones (excluding diaryl/α,β-unsaturated/α-hetero) is 1. The molecule has 138 valence electrons. The summed E-state index contributed by atoms with van der Waals surface area (Å²) in [6.07, 6.45) is 5.60. The third-order valence-corrected chi connectivity index (χ3v) is 4.11. The molecule has 1 N–H and O–H groups in total. The summed E-state index contributed by atoms with van der Waals surface area (Å²) in [5.41, 5.74) is 0.563. The lowest BCUT2D eigenvalue weighted by Gasteiger charge is -2.15. The summed E-state index contributed by atoms with van der Waals surface area (Å²) in [5, 5.41) is 9.63. The lowest BCUT2D eigenvalue weighted by atomic mass is 10.0. The fourth-order valence-electron chi connectivity index (χ4n) is 2.42. The van der Waals surface area contributed by atoms with Gasteiger partial charge in [-0.15, -0.1) is 0 Å². The molecule has 0 aromatic heterocycles. The molecule has 0 aliphatic carbocycles. The van der Waals surface area contributed by atoms with E-state index in [1.807, 2.05) is 0 Å². The summed E-state index contributed by atoms with van der Waals surface area (Å²) in [7, 11) is 1.43. The molecule has 0 spiro atoms. The number of benzene rings is 1. The molecule has 0 aliphatic heterocycles. The molecule has 0 bridgehead atoms. The zero-order chi connectivity index (χ0) is 18.8. The van der Waals surface area contributed by atoms with Crippen molar-refractivity contribution in [3.63, 3.8) is 0 Å². The van der Waals surface area contributed by atoms with Gasteiger partial charge in [0, 0.05) is 0 Å². The van der Waals surface area contributed by atoms with Gasteiger partial charge in [-0.05, 0) is 43.0 Å². The Morgan fingerprint density at radius 1 is 1.28 bits per heavy atom. The standard InChI is InChI=1S/C20H28O5/c1-5-7-8-15(6-2)13-25-20(23)17(14(3)21)11-16-9-10-18(22)19(12-16)24-4/h9-12,15,22H,5-8,13H2,1-4H3/b17-11-. The van der Waals surface area contributed by atoms with E-state index in [-0.39, 0.29) is 22.9 Å². The van der Waals surface area contributed by atoms with Crippen LogP contribution in [0.2, 0.25) is 0 Å². The Morgan fingerprint density at radius 2 is 2.00 bits per heavy atom. The Hall–Kier alpha value is -2.30. The van der Waals surface area contributed by atoms with Gasteiger partial charge in [-0.2, -0.15) is 0 Å². The van der Waals surface area contributed by atoms with E-state index in [4.69, 9.17) is 9.47 Å². The van der Waals surface area contributed by atoms with Gasteiger partial charge >= 0.3 is 5.97 Å². The zero-order valence-electron chi connectivity index (χ0n) is 15.5. The topological polar surface area (TPSA) is 72.8 Å². The lowest BCUT2D eigenvalue weighted by Crippen LogP contribution is -2.18. The van der Waals surface area contributed by atoms with E-state index in [2.05, 4.69) is 13.8 Å². The molecule has 1 rings (SSSR count). The second kappa shape index (κ2) is 10.5. The molecule has 0 fully saturated rings. The largest absolute Gasteiger partial charge is 0.504 e. The third kappa shape index (κ3) is 6.61. The van der Waals surface area contributed by atoms with Crippen LogP contribution < -0.4 is 4.74 Å². The fourth-order valence-corrected chi connectivity index (χ4v) is 2.42. The molecular weight excluding hydrogens is 320 g/mol. The summed E-state index contributed by atoms with van der Waals surface area (Å²) < 4.78 is 10.4. The van der Waals surface area contributed by atoms with E-state index >= 15 is 0 Å². The molecule has 1 unspecified atom stereocenters. The Balaban J connectivity index is 2.88. The van der Waals surface area contributed by atoms with Crippen molar-refractivity contribution in [3.05, 3.63) is 29.3 Å². The highest BCUT2D eigenvalue weighted by Crippen LogP contribution is 2.27. The van der Waals surface area contributed by atoms with Crippen molar-refractivity contribution in [3.8, 4) is 11.5 Å². The molecule has 1 aromatic rings. The number of rotatable bonds is 10. The minimum Gasteiger partial charge on any atom is -0.504 e. The first-order valence-electron chi connectivity index (χ1n) is 8.69. The first-order valence-corrected chi connectivity index (χ1v) is 8.69. The first-order chi connectivity index (χ1) is 11.9. The molecule has 5 nitrogen and oxygen atoms in total. The molecule has 0 radical (unpaired) electrons. The van der Waals surface area contributed by atoms with E-state index in [1.165, 1.54) is 26.2 Å². The average Bonchev–Trinajstić information content (AvgIpc) is 2.60.